The van der Waals surface area contributed by atoms with Crippen molar-refractivity contribution in [1.29, 1.82) is 0 Å². The van der Waals surface area contributed by atoms with Crippen LogP contribution >= 0.6 is 11.6 Å². The van der Waals surface area contributed by atoms with Crippen LogP contribution in [0.2, 0.25) is 5.02 Å². The van der Waals surface area contributed by atoms with Crippen molar-refractivity contribution >= 4 is 22.8 Å². The van der Waals surface area contributed by atoms with E-state index in [4.69, 9.17) is 16.3 Å². The molecule has 0 amide bonds. The van der Waals surface area contributed by atoms with Gasteiger partial charge in [0.15, 0.2) is 11.2 Å². The minimum atomic E-state index is -0.469. The average molecular weight is 411 g/mol. The van der Waals surface area contributed by atoms with E-state index >= 15 is 0 Å². The fraction of sp³-hybridized carbons (Fsp3) is 0.190. The molecular formula is C21H19ClN4O3. The Morgan fingerprint density at radius 2 is 1.69 bits per heavy atom. The Balaban J connectivity index is 1.88. The molecule has 148 valence electrons. The number of imidazole rings is 1. The zero-order chi connectivity index (χ0) is 20.7. The summed E-state index contributed by atoms with van der Waals surface area (Å²) in [6.07, 6.45) is 0. The van der Waals surface area contributed by atoms with E-state index in [1.54, 1.807) is 36.9 Å². The van der Waals surface area contributed by atoms with Crippen molar-refractivity contribution in [3.05, 3.63) is 85.5 Å². The molecule has 0 saturated carbocycles. The van der Waals surface area contributed by atoms with Gasteiger partial charge in [-0.3, -0.25) is 18.5 Å². The predicted molar refractivity (Wildman–Crippen MR) is 112 cm³/mol. The Labute approximate surface area is 171 Å². The van der Waals surface area contributed by atoms with Gasteiger partial charge in [0.1, 0.15) is 5.75 Å². The van der Waals surface area contributed by atoms with Crippen LogP contribution in [0.5, 0.6) is 11.8 Å². The number of benzene rings is 2. The monoisotopic (exact) mass is 410 g/mol. The van der Waals surface area contributed by atoms with Crippen LogP contribution < -0.4 is 16.0 Å². The lowest BCUT2D eigenvalue weighted by molar-refractivity contribution is 0.424. The van der Waals surface area contributed by atoms with Crippen molar-refractivity contribution < 1.29 is 4.74 Å². The van der Waals surface area contributed by atoms with Crippen LogP contribution in [-0.2, 0) is 20.6 Å². The van der Waals surface area contributed by atoms with E-state index in [0.717, 1.165) is 10.1 Å². The highest BCUT2D eigenvalue weighted by Gasteiger charge is 2.20. The minimum Gasteiger partial charge on any atom is -0.425 e. The van der Waals surface area contributed by atoms with Crippen molar-refractivity contribution in [2.45, 2.75) is 13.5 Å². The molecule has 29 heavy (non-hydrogen) atoms. The molecule has 4 aromatic rings. The molecule has 0 spiro atoms. The third-order valence-electron chi connectivity index (χ3n) is 4.90. The summed E-state index contributed by atoms with van der Waals surface area (Å²) < 4.78 is 9.98. The summed E-state index contributed by atoms with van der Waals surface area (Å²) >= 11 is 6.22. The molecule has 8 heteroatoms. The van der Waals surface area contributed by atoms with Gasteiger partial charge in [0.05, 0.1) is 6.54 Å². The molecule has 0 radical (unpaired) electrons. The molecule has 0 fully saturated rings. The molecule has 0 bridgehead atoms. The van der Waals surface area contributed by atoms with Gasteiger partial charge < -0.3 is 4.74 Å². The van der Waals surface area contributed by atoms with Gasteiger partial charge in [-0.1, -0.05) is 48.0 Å². The van der Waals surface area contributed by atoms with Crippen LogP contribution in [0.15, 0.2) is 58.1 Å². The van der Waals surface area contributed by atoms with Crippen molar-refractivity contribution in [2.24, 2.45) is 14.1 Å². The first-order valence-corrected chi connectivity index (χ1v) is 9.39. The van der Waals surface area contributed by atoms with E-state index < -0.39 is 11.2 Å². The number of fused-ring (bicyclic) bond motifs is 1. The Morgan fingerprint density at radius 1 is 1.00 bits per heavy atom. The fourth-order valence-electron chi connectivity index (χ4n) is 3.22. The highest BCUT2D eigenvalue weighted by Crippen LogP contribution is 2.25. The number of hydrogen-bond acceptors (Lipinski definition) is 4. The molecule has 4 rings (SSSR count). The van der Waals surface area contributed by atoms with E-state index in [1.807, 2.05) is 37.3 Å². The molecule has 2 aromatic heterocycles. The Kier molecular flexibility index (Phi) is 4.76. The lowest BCUT2D eigenvalue weighted by atomic mass is 10.2. The first kappa shape index (κ1) is 19.0. The van der Waals surface area contributed by atoms with E-state index in [9.17, 15) is 9.59 Å². The van der Waals surface area contributed by atoms with Crippen molar-refractivity contribution in [1.82, 2.24) is 18.7 Å². The number of ether oxygens (including phenoxy) is 1. The topological polar surface area (TPSA) is 71.1 Å². The summed E-state index contributed by atoms with van der Waals surface area (Å²) in [7, 11) is 3.27. The maximum atomic E-state index is 13.2. The largest absolute Gasteiger partial charge is 0.425 e. The van der Waals surface area contributed by atoms with Crippen molar-refractivity contribution in [3.63, 3.8) is 0 Å². The van der Waals surface area contributed by atoms with Gasteiger partial charge in [-0.05, 0) is 30.2 Å². The summed E-state index contributed by atoms with van der Waals surface area (Å²) in [6.45, 7) is 1.99. The summed E-state index contributed by atoms with van der Waals surface area (Å²) in [5.41, 5.74) is 1.25. The molecular weight excluding hydrogens is 392 g/mol. The van der Waals surface area contributed by atoms with Crippen LogP contribution in [0.4, 0.5) is 0 Å². The van der Waals surface area contributed by atoms with Gasteiger partial charge in [-0.25, -0.2) is 4.79 Å². The third kappa shape index (κ3) is 3.23. The number of aryl methyl sites for hydroxylation is 3. The molecule has 0 unspecified atom stereocenters. The van der Waals surface area contributed by atoms with Gasteiger partial charge in [-0.2, -0.15) is 4.98 Å². The highest BCUT2D eigenvalue weighted by atomic mass is 35.5. The van der Waals surface area contributed by atoms with Crippen molar-refractivity contribution in [3.8, 4) is 11.8 Å². The molecule has 0 aliphatic rings. The maximum Gasteiger partial charge on any atom is 0.332 e. The summed E-state index contributed by atoms with van der Waals surface area (Å²) in [4.78, 5) is 30.4. The predicted octanol–water partition coefficient (Wildman–Crippen LogP) is 3.24. The van der Waals surface area contributed by atoms with Crippen LogP contribution in [0.25, 0.3) is 11.2 Å². The normalized spacial score (nSPS) is 11.2. The number of rotatable bonds is 4. The standard InChI is InChI=1S/C21H19ClN4O3/c1-13-8-4-7-11-16(13)29-20-23-18-17(24(20)2)19(27)26(21(28)25(18)3)12-14-9-5-6-10-15(14)22/h4-11H,12H2,1-3H3. The number of nitrogens with zero attached hydrogens (tertiary/aromatic N) is 4. The Hall–Kier alpha value is -3.32. The van der Waals surface area contributed by atoms with E-state index in [-0.39, 0.29) is 23.7 Å². The molecule has 0 N–H and O–H groups in total. The minimum absolute atomic E-state index is 0.0697. The highest BCUT2D eigenvalue weighted by molar-refractivity contribution is 6.31. The molecule has 0 saturated heterocycles. The van der Waals surface area contributed by atoms with Crippen LogP contribution in [0, 0.1) is 6.92 Å². The first-order valence-electron chi connectivity index (χ1n) is 9.01. The van der Waals surface area contributed by atoms with Crippen LogP contribution in [-0.4, -0.2) is 18.7 Å². The summed E-state index contributed by atoms with van der Waals surface area (Å²) in [5, 5.41) is 0.495. The molecule has 0 aliphatic heterocycles. The van der Waals surface area contributed by atoms with Gasteiger partial charge in [0.25, 0.3) is 5.56 Å². The fourth-order valence-corrected chi connectivity index (χ4v) is 3.42. The molecule has 0 aliphatic carbocycles. The molecule has 2 heterocycles. The van der Waals surface area contributed by atoms with Gasteiger partial charge in [-0.15, -0.1) is 0 Å². The van der Waals surface area contributed by atoms with E-state index in [2.05, 4.69) is 4.98 Å². The maximum absolute atomic E-state index is 13.2. The summed E-state index contributed by atoms with van der Waals surface area (Å²) in [5.74, 6) is 0.632. The summed E-state index contributed by atoms with van der Waals surface area (Å²) in [6, 6.07) is 14.9. The number of halogens is 1. The molecule has 7 nitrogen and oxygen atoms in total. The average Bonchev–Trinajstić information content (AvgIpc) is 3.03. The molecule has 2 aromatic carbocycles. The van der Waals surface area contributed by atoms with Crippen molar-refractivity contribution in [2.75, 3.05) is 0 Å². The lowest BCUT2D eigenvalue weighted by Crippen LogP contribution is -2.39. The SMILES string of the molecule is Cc1ccccc1Oc1nc2c(c(=O)n(Cc3ccccc3Cl)c(=O)n2C)n1C. The second-order valence-corrected chi connectivity index (χ2v) is 7.22. The van der Waals surface area contributed by atoms with Crippen LogP contribution in [0.1, 0.15) is 11.1 Å². The number of aromatic nitrogens is 4. The third-order valence-corrected chi connectivity index (χ3v) is 5.27. The Bertz CT molecular complexity index is 1350. The Morgan fingerprint density at radius 3 is 2.41 bits per heavy atom. The number of para-hydroxylation sites is 1. The first-order chi connectivity index (χ1) is 13.9. The molecule has 0 atom stereocenters. The second kappa shape index (κ2) is 7.25. The quantitative estimate of drug-likeness (QED) is 0.518. The zero-order valence-electron chi connectivity index (χ0n) is 16.2. The number of hydrogen-bond donors (Lipinski definition) is 0. The zero-order valence-corrected chi connectivity index (χ0v) is 17.0. The van der Waals surface area contributed by atoms with Crippen LogP contribution in [0.3, 0.4) is 0 Å². The lowest BCUT2D eigenvalue weighted by Gasteiger charge is -2.10. The van der Waals surface area contributed by atoms with Gasteiger partial charge >= 0.3 is 11.7 Å². The van der Waals surface area contributed by atoms with Gasteiger partial charge in [0, 0.05) is 19.1 Å². The van der Waals surface area contributed by atoms with E-state index in [1.165, 1.54) is 4.57 Å². The van der Waals surface area contributed by atoms with Gasteiger partial charge in [0.2, 0.25) is 0 Å². The smallest absolute Gasteiger partial charge is 0.332 e. The second-order valence-electron chi connectivity index (χ2n) is 6.82. The van der Waals surface area contributed by atoms with E-state index in [0.29, 0.717) is 16.3 Å².